The van der Waals surface area contributed by atoms with E-state index in [0.29, 0.717) is 19.4 Å². The lowest BCUT2D eigenvalue weighted by molar-refractivity contribution is 0.287. The fourth-order valence-corrected chi connectivity index (χ4v) is 2.29. The lowest BCUT2D eigenvalue weighted by Gasteiger charge is -2.28. The number of aryl methyl sites for hydroxylation is 1. The Morgan fingerprint density at radius 3 is 2.84 bits per heavy atom. The van der Waals surface area contributed by atoms with Crippen LogP contribution in [0.1, 0.15) is 18.4 Å². The number of benzene rings is 1. The molecule has 0 aromatic heterocycles. The van der Waals surface area contributed by atoms with Crippen LogP contribution in [0.4, 0.5) is 11.4 Å². The minimum atomic E-state index is 0.130. The van der Waals surface area contributed by atoms with Crippen molar-refractivity contribution in [1.82, 2.24) is 0 Å². The molecule has 0 amide bonds. The van der Waals surface area contributed by atoms with Gasteiger partial charge in [0.1, 0.15) is 0 Å². The summed E-state index contributed by atoms with van der Waals surface area (Å²) in [6.45, 7) is 2.75. The molecule has 4 heteroatoms. The predicted molar refractivity (Wildman–Crippen MR) is 78.1 cm³/mol. The topological polar surface area (TPSA) is 69.7 Å². The Morgan fingerprint density at radius 1 is 1.37 bits per heavy atom. The summed E-state index contributed by atoms with van der Waals surface area (Å²) in [6.07, 6.45) is 5.26. The second-order valence-corrected chi connectivity index (χ2v) is 4.73. The number of nitrogen functional groups attached to an aromatic ring is 1. The maximum atomic E-state index is 10.3. The monoisotopic (exact) mass is 260 g/mol. The fraction of sp³-hybridized carbons (Fsp3) is 0.333. The van der Waals surface area contributed by atoms with Gasteiger partial charge < -0.3 is 20.8 Å². The SMILES string of the molecule is Cc1cc(N)ccc1N1CC=CC(CCCO)=C1O. The van der Waals surface area contributed by atoms with E-state index in [4.69, 9.17) is 10.8 Å². The Bertz CT molecular complexity index is 521. The van der Waals surface area contributed by atoms with Crippen molar-refractivity contribution >= 4 is 11.4 Å². The summed E-state index contributed by atoms with van der Waals surface area (Å²) in [4.78, 5) is 1.86. The number of allylic oxidation sites excluding steroid dienone is 2. The van der Waals surface area contributed by atoms with E-state index in [1.807, 2.05) is 42.2 Å². The van der Waals surface area contributed by atoms with E-state index < -0.39 is 0 Å². The lowest BCUT2D eigenvalue weighted by Crippen LogP contribution is -2.27. The molecule has 0 bridgehead atoms. The summed E-state index contributed by atoms with van der Waals surface area (Å²) < 4.78 is 0. The molecule has 0 aliphatic carbocycles. The highest BCUT2D eigenvalue weighted by molar-refractivity contribution is 5.63. The van der Waals surface area contributed by atoms with Gasteiger partial charge in [-0.3, -0.25) is 0 Å². The Balaban J connectivity index is 2.29. The first-order valence-electron chi connectivity index (χ1n) is 6.46. The number of aliphatic hydroxyl groups is 2. The standard InChI is InChI=1S/C15H20N2O2/c1-11-10-13(16)6-7-14(11)17-8-2-4-12(15(17)19)5-3-9-18/h2,4,6-7,10,18-19H,3,5,8-9,16H2,1H3. The molecule has 102 valence electrons. The van der Waals surface area contributed by atoms with E-state index in [-0.39, 0.29) is 12.5 Å². The first-order chi connectivity index (χ1) is 9.13. The van der Waals surface area contributed by atoms with Crippen molar-refractivity contribution < 1.29 is 10.2 Å². The van der Waals surface area contributed by atoms with Crippen LogP contribution in [0.15, 0.2) is 41.8 Å². The summed E-state index contributed by atoms with van der Waals surface area (Å²) >= 11 is 0. The van der Waals surface area contributed by atoms with Gasteiger partial charge >= 0.3 is 0 Å². The molecule has 1 aliphatic heterocycles. The number of nitrogens with two attached hydrogens (primary N) is 1. The molecule has 0 radical (unpaired) electrons. The van der Waals surface area contributed by atoms with E-state index in [0.717, 1.165) is 22.5 Å². The van der Waals surface area contributed by atoms with E-state index in [9.17, 15) is 5.11 Å². The lowest BCUT2D eigenvalue weighted by atomic mass is 10.1. The molecule has 2 rings (SSSR count). The number of hydrogen-bond acceptors (Lipinski definition) is 4. The van der Waals surface area contributed by atoms with Crippen LogP contribution in [-0.4, -0.2) is 23.4 Å². The summed E-state index contributed by atoms with van der Waals surface area (Å²) in [5, 5.41) is 19.2. The maximum Gasteiger partial charge on any atom is 0.194 e. The highest BCUT2D eigenvalue weighted by Crippen LogP contribution is 2.29. The summed E-state index contributed by atoms with van der Waals surface area (Å²) in [7, 11) is 0. The van der Waals surface area contributed by atoms with Gasteiger partial charge in [-0.15, -0.1) is 0 Å². The number of hydrogen-bond donors (Lipinski definition) is 3. The van der Waals surface area contributed by atoms with Gasteiger partial charge in [0.15, 0.2) is 5.88 Å². The van der Waals surface area contributed by atoms with Crippen LogP contribution in [0.25, 0.3) is 0 Å². The molecule has 0 saturated carbocycles. The van der Waals surface area contributed by atoms with Gasteiger partial charge in [-0.05, 0) is 43.5 Å². The summed E-state index contributed by atoms with van der Waals surface area (Å²) in [5.41, 5.74) is 9.31. The van der Waals surface area contributed by atoms with Crippen molar-refractivity contribution in [1.29, 1.82) is 0 Å². The first kappa shape index (κ1) is 13.5. The van der Waals surface area contributed by atoms with E-state index in [1.54, 1.807) is 0 Å². The number of rotatable bonds is 4. The smallest absolute Gasteiger partial charge is 0.194 e. The molecule has 1 aromatic carbocycles. The van der Waals surface area contributed by atoms with Gasteiger partial charge in [0.2, 0.25) is 0 Å². The van der Waals surface area contributed by atoms with E-state index >= 15 is 0 Å². The second kappa shape index (κ2) is 5.80. The number of aliphatic hydroxyl groups excluding tert-OH is 2. The first-order valence-corrected chi connectivity index (χ1v) is 6.46. The van der Waals surface area contributed by atoms with Crippen LogP contribution >= 0.6 is 0 Å². The molecule has 0 unspecified atom stereocenters. The minimum absolute atomic E-state index is 0.130. The van der Waals surface area contributed by atoms with Gasteiger partial charge in [0, 0.05) is 30.1 Å². The Kier molecular flexibility index (Phi) is 4.12. The van der Waals surface area contributed by atoms with Gasteiger partial charge in [0.05, 0.1) is 0 Å². The normalized spacial score (nSPS) is 15.2. The van der Waals surface area contributed by atoms with Crippen LogP contribution in [-0.2, 0) is 0 Å². The van der Waals surface area contributed by atoms with E-state index in [1.165, 1.54) is 0 Å². The molecular weight excluding hydrogens is 240 g/mol. The quantitative estimate of drug-likeness (QED) is 0.727. The molecule has 4 nitrogen and oxygen atoms in total. The zero-order valence-corrected chi connectivity index (χ0v) is 11.1. The number of anilines is 2. The highest BCUT2D eigenvalue weighted by atomic mass is 16.3. The molecule has 4 N–H and O–H groups in total. The third-order valence-corrected chi connectivity index (χ3v) is 3.27. The highest BCUT2D eigenvalue weighted by Gasteiger charge is 2.18. The van der Waals surface area contributed by atoms with Crippen LogP contribution in [0.3, 0.4) is 0 Å². The van der Waals surface area contributed by atoms with Gasteiger partial charge in [-0.2, -0.15) is 0 Å². The van der Waals surface area contributed by atoms with Crippen molar-refractivity contribution in [2.24, 2.45) is 0 Å². The maximum absolute atomic E-state index is 10.3. The third-order valence-electron chi connectivity index (χ3n) is 3.27. The van der Waals surface area contributed by atoms with Crippen LogP contribution in [0.5, 0.6) is 0 Å². The summed E-state index contributed by atoms with van der Waals surface area (Å²) in [6, 6.07) is 5.65. The fourth-order valence-electron chi connectivity index (χ4n) is 2.29. The van der Waals surface area contributed by atoms with Gasteiger partial charge in [-0.25, -0.2) is 0 Å². The molecule has 1 heterocycles. The molecular formula is C15H20N2O2. The molecule has 0 fully saturated rings. The van der Waals surface area contributed by atoms with Crippen molar-refractivity contribution in [3.8, 4) is 0 Å². The largest absolute Gasteiger partial charge is 0.494 e. The number of nitrogens with zero attached hydrogens (tertiary/aromatic N) is 1. The Hall–Kier alpha value is -1.94. The average Bonchev–Trinajstić information content (AvgIpc) is 2.38. The van der Waals surface area contributed by atoms with Crippen molar-refractivity contribution in [3.63, 3.8) is 0 Å². The zero-order valence-electron chi connectivity index (χ0n) is 11.1. The third kappa shape index (κ3) is 2.90. The second-order valence-electron chi connectivity index (χ2n) is 4.73. The Morgan fingerprint density at radius 2 is 2.16 bits per heavy atom. The van der Waals surface area contributed by atoms with Crippen molar-refractivity contribution in [2.75, 3.05) is 23.8 Å². The van der Waals surface area contributed by atoms with Crippen LogP contribution in [0, 0.1) is 6.92 Å². The molecule has 19 heavy (non-hydrogen) atoms. The average molecular weight is 260 g/mol. The molecule has 1 aliphatic rings. The van der Waals surface area contributed by atoms with Crippen molar-refractivity contribution in [3.05, 3.63) is 47.4 Å². The summed E-state index contributed by atoms with van der Waals surface area (Å²) in [5.74, 6) is 0.267. The predicted octanol–water partition coefficient (Wildman–Crippen LogP) is 2.50. The zero-order chi connectivity index (χ0) is 13.8. The molecule has 0 spiro atoms. The van der Waals surface area contributed by atoms with Gasteiger partial charge in [0.25, 0.3) is 0 Å². The molecule has 0 atom stereocenters. The van der Waals surface area contributed by atoms with Crippen molar-refractivity contribution in [2.45, 2.75) is 19.8 Å². The molecule has 1 aromatic rings. The molecule has 0 saturated heterocycles. The van der Waals surface area contributed by atoms with E-state index in [2.05, 4.69) is 0 Å². The van der Waals surface area contributed by atoms with Crippen LogP contribution in [0.2, 0.25) is 0 Å². The van der Waals surface area contributed by atoms with Crippen LogP contribution < -0.4 is 10.6 Å². The Labute approximate surface area is 113 Å². The minimum Gasteiger partial charge on any atom is -0.494 e. The van der Waals surface area contributed by atoms with Gasteiger partial charge in [-0.1, -0.05) is 12.2 Å².